The monoisotopic (exact) mass is 2220 g/mol. The normalized spacial score (nSPS) is 13.0. The van der Waals surface area contributed by atoms with Gasteiger partial charge in [0.15, 0.2) is 33.4 Å². The van der Waals surface area contributed by atoms with E-state index in [1.807, 2.05) is 126 Å². The molecule has 0 aliphatic rings. The van der Waals surface area contributed by atoms with Gasteiger partial charge in [0.05, 0.1) is 40.9 Å². The molecule has 135 heavy (non-hydrogen) atoms. The van der Waals surface area contributed by atoms with Gasteiger partial charge >= 0.3 is 32.1 Å². The Kier molecular flexibility index (Phi) is 52.5. The van der Waals surface area contributed by atoms with Crippen LogP contribution in [0.25, 0.3) is 4.13 Å². The summed E-state index contributed by atoms with van der Waals surface area (Å²) in [6.45, 7) is 26.5. The molecule has 0 aliphatic heterocycles. The molecule has 0 aromatic heterocycles. The van der Waals surface area contributed by atoms with Gasteiger partial charge in [0.1, 0.15) is 73.3 Å². The zero-order chi connectivity index (χ0) is 104. The maximum absolute atomic E-state index is 14.0. The highest BCUT2D eigenvalue weighted by atomic mass is 127. The smallest absolute Gasteiger partial charge is 0.480 e. The number of nitrogens with zero attached hydrogens (tertiary/aromatic N) is 1. The first kappa shape index (κ1) is 125. The average molecular weight is 2220 g/mol. The third kappa shape index (κ3) is 43.3. The van der Waals surface area contributed by atoms with E-state index in [1.165, 1.54) is 57.7 Å². The summed E-state index contributed by atoms with van der Waals surface area (Å²) in [4.78, 5) is 3.72. The number of halogens is 10. The predicted molar refractivity (Wildman–Crippen MR) is 514 cm³/mol. The minimum atomic E-state index is -7.96. The Morgan fingerprint density at radius 2 is 0.585 bits per heavy atom. The number of methoxy groups -OCH3 is 3. The van der Waals surface area contributed by atoms with Crippen molar-refractivity contribution in [2.75, 3.05) is 21.3 Å². The standard InChI is InChI=1S/C14H13F9NO7S3.4C10H14O3S.C10H14S.C7H8IO.2C7H8OS.C6H6S/c1-3-8(2)9-4-6-10(7-5-9)31-34(29,30)13(19,20)11(15,16)12(17,18)32(25,26)24-33(27,28)14(21,22)23;4*1-3-8(2)9-4-6-10(7-5-9)14(11,12)13;1-10(2,3)8-4-6-9(11)7-5-8;1-9-7-4-2-6(8)3-5-7;1-8-6-2-4-7(9)5-3-6;1-8-6-3-2-4-7(9)5-6;7-6-4-2-1-3-5-6/h4-8H,3H2,1-2H3;4*4-8H,3H2,1-2H3,(H,11,12,13);4-7,11H,1-3H3;2-5,8H,1H3;2*2-5,9H,1H3;1-5,7H/q-1;;;;;;+1;;;. The third-order valence-electron chi connectivity index (χ3n) is 19.3. The van der Waals surface area contributed by atoms with E-state index in [0.29, 0.717) is 51.9 Å². The summed E-state index contributed by atoms with van der Waals surface area (Å²) in [5.41, 5.74) is -0.349. The molecule has 5 unspecified atom stereocenters. The average Bonchev–Trinajstić information content (AvgIpc) is 0.713. The van der Waals surface area contributed by atoms with Gasteiger partial charge in [-0.3, -0.25) is 0 Å². The molecule has 0 spiro atoms. The number of hydrogen-bond donors (Lipinski definition) is 0. The van der Waals surface area contributed by atoms with E-state index in [0.717, 1.165) is 96.9 Å². The molecule has 10 aromatic rings. The number of rotatable bonds is 25. The van der Waals surface area contributed by atoms with Crippen LogP contribution >= 0.6 is 0 Å². The van der Waals surface area contributed by atoms with E-state index in [2.05, 4.69) is 155 Å². The van der Waals surface area contributed by atoms with Crippen molar-refractivity contribution in [1.82, 2.24) is 0 Å². The summed E-state index contributed by atoms with van der Waals surface area (Å²) in [6.07, 6.45) is 4.52. The second-order valence-electron chi connectivity index (χ2n) is 30.2. The molecule has 5 atom stereocenters. The highest BCUT2D eigenvalue weighted by Crippen LogP contribution is 2.53. The van der Waals surface area contributed by atoms with Gasteiger partial charge < -0.3 is 40.7 Å². The highest BCUT2D eigenvalue weighted by molar-refractivity contribution is 8.13. The molecular formula is C91H113F9INO22S11. The van der Waals surface area contributed by atoms with Gasteiger partial charge in [-0.15, -0.1) is 0 Å². The number of benzene rings is 10. The number of sulfonamides is 2. The van der Waals surface area contributed by atoms with Gasteiger partial charge in [0.2, 0.25) is 0 Å². The summed E-state index contributed by atoms with van der Waals surface area (Å²) < 4.78 is 335. The van der Waals surface area contributed by atoms with Crippen LogP contribution in [0.3, 0.4) is 0 Å². The Morgan fingerprint density at radius 3 is 0.822 bits per heavy atom. The molecule has 10 aromatic carbocycles. The topological polar surface area (TPSA) is 382 Å². The van der Waals surface area contributed by atoms with Crippen molar-refractivity contribution in [2.45, 2.75) is 218 Å². The van der Waals surface area contributed by atoms with E-state index in [-0.39, 0.29) is 30.9 Å². The van der Waals surface area contributed by atoms with E-state index < -0.39 is 98.3 Å². The van der Waals surface area contributed by atoms with Crippen LogP contribution in [0.15, 0.2) is 288 Å². The van der Waals surface area contributed by atoms with Crippen LogP contribution in [-0.2, 0) is 127 Å². The summed E-state index contributed by atoms with van der Waals surface area (Å²) >= 11 is 15.5. The van der Waals surface area contributed by atoms with E-state index in [1.54, 1.807) is 83.7 Å². The lowest BCUT2D eigenvalue weighted by Crippen LogP contribution is -3.34. The van der Waals surface area contributed by atoms with Crippen LogP contribution in [-0.4, -0.2) is 120 Å². The van der Waals surface area contributed by atoms with Crippen LogP contribution in [0.2, 0.25) is 0 Å². The Balaban J connectivity index is 0.000000781. The Bertz CT molecular complexity index is 5710. The maximum atomic E-state index is 14.0. The van der Waals surface area contributed by atoms with Crippen molar-refractivity contribution in [1.29, 1.82) is 0 Å². The number of ether oxygens (including phenoxy) is 3. The number of alkyl halides is 9. The minimum absolute atomic E-state index is 0.142. The number of hydrogen-bond acceptors (Lipinski definition) is 22. The molecular weight excluding hydrogens is 2110 g/mol. The molecule has 0 saturated carbocycles. The quantitative estimate of drug-likeness (QED) is 0.0169. The van der Waals surface area contributed by atoms with Gasteiger partial charge in [-0.1, -0.05) is 187 Å². The summed E-state index contributed by atoms with van der Waals surface area (Å²) in [7, 11) is -34.8. The van der Waals surface area contributed by atoms with Gasteiger partial charge in [0, 0.05) is 6.07 Å². The first-order valence-corrected chi connectivity index (χ1v) is 53.5. The van der Waals surface area contributed by atoms with Crippen LogP contribution in [0.1, 0.15) is 185 Å². The lowest BCUT2D eigenvalue weighted by atomic mass is 9.87. The summed E-state index contributed by atoms with van der Waals surface area (Å²) in [6, 6.07) is 69.8. The SMILES string of the molecule is CC(C)(C)c1ccc([SH2+])cc1.CCC(C)c1ccc(OS(=O)(=O)C(F)(F)C(F)(F)C(F)(F)S(=O)(=O)[N-]S(=O)(=O)C(F)(F)F)cc1.CCC(C)c1ccc(S(=O)(=O)[O-])cc1.CCC(C)c1ccc(S(=O)(=O)[O-])cc1.CCC(C)c1ccc(S(=O)(=O)[O-])cc1.CCC(C)c1ccc(S(=O)(=O)[O-])cc1.COc1ccc([IH+])cc1.COc1ccc([SH2+])cc1.COc1cccc([SH2+])c1.[SH2+]c1ccccc1. The lowest BCUT2D eigenvalue weighted by molar-refractivity contribution is -0.328. The first-order valence-electron chi connectivity index (χ1n) is 40.4. The van der Waals surface area contributed by atoms with Crippen LogP contribution in [0.4, 0.5) is 39.5 Å². The van der Waals surface area contributed by atoms with Crippen molar-refractivity contribution in [2.24, 2.45) is 0 Å². The van der Waals surface area contributed by atoms with Gasteiger partial charge in [-0.05, 0) is 297 Å². The highest BCUT2D eigenvalue weighted by Gasteiger charge is 2.81. The molecule has 0 fully saturated rings. The fourth-order valence-electron chi connectivity index (χ4n) is 9.97. The fourth-order valence-corrected chi connectivity index (χ4v) is 16.2. The zero-order valence-electron chi connectivity index (χ0n) is 76.2. The second-order valence-corrected chi connectivity index (χ2v) is 44.4. The van der Waals surface area contributed by atoms with E-state index in [4.69, 9.17) is 14.2 Å². The summed E-state index contributed by atoms with van der Waals surface area (Å²) in [5.74, 6) is -4.58. The minimum Gasteiger partial charge on any atom is -0.744 e. The van der Waals surface area contributed by atoms with Gasteiger partial charge in [0.25, 0.3) is 22.6 Å². The van der Waals surface area contributed by atoms with Crippen molar-refractivity contribution in [3.05, 3.63) is 290 Å². The molecule has 0 heterocycles. The maximum Gasteiger partial charge on any atom is 0.480 e. The van der Waals surface area contributed by atoms with Crippen LogP contribution in [0, 0.1) is 3.57 Å². The fraction of sp³-hybridized carbons (Fsp3) is 0.341. The Morgan fingerprint density at radius 1 is 0.326 bits per heavy atom. The molecule has 0 radical (unpaired) electrons. The third-order valence-corrected chi connectivity index (χ3v) is 29.1. The van der Waals surface area contributed by atoms with Gasteiger partial charge in [-0.25, -0.2) is 50.5 Å². The van der Waals surface area contributed by atoms with Crippen LogP contribution in [0.5, 0.6) is 23.0 Å². The van der Waals surface area contributed by atoms with Crippen molar-refractivity contribution in [3.8, 4) is 23.0 Å². The summed E-state index contributed by atoms with van der Waals surface area (Å²) in [5, 5.41) is -14.6. The molecule has 0 saturated heterocycles. The zero-order valence-corrected chi connectivity index (χ0v) is 88.2. The Hall–Kier alpha value is -7.65. The van der Waals surface area contributed by atoms with E-state index in [9.17, 15) is 117 Å². The molecule has 23 nitrogen and oxygen atoms in total. The second kappa shape index (κ2) is 56.6. The predicted octanol–water partition coefficient (Wildman–Crippen LogP) is 16.4. The lowest BCUT2D eigenvalue weighted by Gasteiger charge is -2.35. The largest absolute Gasteiger partial charge is 0.744 e. The van der Waals surface area contributed by atoms with Gasteiger partial charge in [-0.2, -0.15) is 47.9 Å². The first-order chi connectivity index (χ1) is 62.0. The molecule has 750 valence electrons. The molecule has 44 heteroatoms. The molecule has 10 rings (SSSR count). The molecule has 0 N–H and O–H groups in total. The van der Waals surface area contributed by atoms with E-state index >= 15 is 0 Å². The molecule has 0 bridgehead atoms. The molecule has 0 amide bonds. The van der Waals surface area contributed by atoms with Crippen LogP contribution < -0.4 is 41.0 Å². The van der Waals surface area contributed by atoms with Crippen molar-refractivity contribution < 1.29 is 158 Å². The van der Waals surface area contributed by atoms with Crippen molar-refractivity contribution >= 4 is 121 Å². The molecule has 0 aliphatic carbocycles. The Labute approximate surface area is 824 Å². The van der Waals surface area contributed by atoms with Crippen molar-refractivity contribution in [3.63, 3.8) is 0 Å².